The summed E-state index contributed by atoms with van der Waals surface area (Å²) in [7, 11) is 0. The Balaban J connectivity index is 1.80. The van der Waals surface area contributed by atoms with Gasteiger partial charge in [0.25, 0.3) is 0 Å². The number of rotatable bonds is 8. The van der Waals surface area contributed by atoms with E-state index in [4.69, 9.17) is 9.73 Å². The average Bonchev–Trinajstić information content (AvgIpc) is 3.35. The van der Waals surface area contributed by atoms with Crippen LogP contribution in [-0.4, -0.2) is 46.5 Å². The van der Waals surface area contributed by atoms with E-state index in [1.165, 1.54) is 11.3 Å². The lowest BCUT2D eigenvalue weighted by molar-refractivity contribution is 0.245. The molecule has 0 N–H and O–H groups in total. The van der Waals surface area contributed by atoms with Gasteiger partial charge in [0.15, 0.2) is 5.17 Å². The summed E-state index contributed by atoms with van der Waals surface area (Å²) in [5, 5.41) is 1.15. The van der Waals surface area contributed by atoms with Crippen LogP contribution in [0.3, 0.4) is 0 Å². The summed E-state index contributed by atoms with van der Waals surface area (Å²) in [4.78, 5) is 14.7. The minimum atomic E-state index is -0.0124. The van der Waals surface area contributed by atoms with Crippen LogP contribution >= 0.6 is 11.8 Å². The van der Waals surface area contributed by atoms with Crippen molar-refractivity contribution in [3.05, 3.63) is 53.9 Å². The fraction of sp³-hybridized carbons (Fsp3) is 0.500. The van der Waals surface area contributed by atoms with Crippen molar-refractivity contribution in [1.82, 2.24) is 9.88 Å². The summed E-state index contributed by atoms with van der Waals surface area (Å²) in [6.07, 6.45) is 2.98. The Morgan fingerprint density at radius 1 is 1.13 bits per heavy atom. The molecule has 1 aromatic carbocycles. The lowest BCUT2D eigenvalue weighted by Gasteiger charge is -2.33. The van der Waals surface area contributed by atoms with Crippen molar-refractivity contribution in [2.24, 2.45) is 4.99 Å². The largest absolute Gasteiger partial charge is 0.493 e. The monoisotopic (exact) mass is 424 g/mol. The van der Waals surface area contributed by atoms with E-state index in [1.807, 2.05) is 24.0 Å². The number of amidine groups is 1. The van der Waals surface area contributed by atoms with Crippen molar-refractivity contribution in [2.75, 3.05) is 30.3 Å². The number of ether oxygens (including phenoxy) is 1. The average molecular weight is 425 g/mol. The zero-order valence-electron chi connectivity index (χ0n) is 18.4. The third-order valence-corrected chi connectivity index (χ3v) is 7.20. The summed E-state index contributed by atoms with van der Waals surface area (Å²) < 4.78 is 6.20. The molecule has 3 atom stereocenters. The molecule has 0 bridgehead atoms. The molecule has 1 aromatic heterocycles. The number of hydrogen-bond donors (Lipinski definition) is 0. The van der Waals surface area contributed by atoms with Crippen molar-refractivity contribution < 1.29 is 4.74 Å². The lowest BCUT2D eigenvalue weighted by Crippen LogP contribution is -2.35. The highest BCUT2D eigenvalue weighted by atomic mass is 32.2. The second-order valence-electron chi connectivity index (χ2n) is 7.66. The van der Waals surface area contributed by atoms with Crippen LogP contribution in [0.5, 0.6) is 5.75 Å². The second-order valence-corrected chi connectivity index (χ2v) is 8.65. The third-order valence-electron chi connectivity index (χ3n) is 6.07. The molecule has 3 heterocycles. The van der Waals surface area contributed by atoms with Crippen LogP contribution in [0.4, 0.5) is 5.69 Å². The molecule has 1 fully saturated rings. The summed E-state index contributed by atoms with van der Waals surface area (Å²) in [5.74, 6) is 2.07. The number of hydrogen-bond acceptors (Lipinski definition) is 6. The van der Waals surface area contributed by atoms with Crippen LogP contribution in [0, 0.1) is 0 Å². The maximum atomic E-state index is 6.20. The zero-order valence-corrected chi connectivity index (χ0v) is 19.2. The van der Waals surface area contributed by atoms with Gasteiger partial charge in [-0.05, 0) is 45.4 Å². The number of nitrogens with zero attached hydrogens (tertiary/aromatic N) is 4. The van der Waals surface area contributed by atoms with Gasteiger partial charge >= 0.3 is 0 Å². The van der Waals surface area contributed by atoms with Gasteiger partial charge in [-0.2, -0.15) is 0 Å². The van der Waals surface area contributed by atoms with Gasteiger partial charge in [0.1, 0.15) is 11.8 Å². The second kappa shape index (κ2) is 9.29. The molecule has 2 aliphatic heterocycles. The fourth-order valence-electron chi connectivity index (χ4n) is 4.52. The first kappa shape index (κ1) is 21.0. The van der Waals surface area contributed by atoms with Crippen LogP contribution < -0.4 is 9.64 Å². The van der Waals surface area contributed by atoms with Crippen LogP contribution in [0.1, 0.15) is 57.5 Å². The zero-order chi connectivity index (χ0) is 21.1. The first-order valence-electron chi connectivity index (χ1n) is 11.1. The number of pyridine rings is 1. The van der Waals surface area contributed by atoms with Crippen LogP contribution in [0.2, 0.25) is 0 Å². The van der Waals surface area contributed by atoms with Gasteiger partial charge in [-0.1, -0.05) is 30.8 Å². The van der Waals surface area contributed by atoms with Crippen molar-refractivity contribution in [3.8, 4) is 5.75 Å². The van der Waals surface area contributed by atoms with Crippen molar-refractivity contribution >= 4 is 22.6 Å². The molecule has 0 unspecified atom stereocenters. The molecule has 30 heavy (non-hydrogen) atoms. The Morgan fingerprint density at radius 3 is 2.63 bits per heavy atom. The smallest absolute Gasteiger partial charge is 0.160 e. The molecule has 5 nitrogen and oxygen atoms in total. The molecule has 0 aliphatic carbocycles. The standard InChI is InChI=1S/C24H32N4OS/c1-5-17-16-30-24-26-22(20-11-9-10-14-25-20)23(28(17)24)19-13-12-18(27(6-2)7-3)15-21(19)29-8-4/h9-15,17,22-23H,5-8,16H2,1-4H3/t17-,22-,23-/m1/s1. The summed E-state index contributed by atoms with van der Waals surface area (Å²) >= 11 is 1.88. The third kappa shape index (κ3) is 3.78. The maximum Gasteiger partial charge on any atom is 0.160 e. The van der Waals surface area contributed by atoms with Gasteiger partial charge in [-0.25, -0.2) is 0 Å². The highest BCUT2D eigenvalue weighted by Gasteiger charge is 2.46. The fourth-order valence-corrected chi connectivity index (χ4v) is 5.86. The van der Waals surface area contributed by atoms with Crippen molar-refractivity contribution in [2.45, 2.75) is 52.2 Å². The number of benzene rings is 1. The van der Waals surface area contributed by atoms with Gasteiger partial charge in [0.2, 0.25) is 0 Å². The van der Waals surface area contributed by atoms with E-state index in [9.17, 15) is 0 Å². The molecule has 160 valence electrons. The number of aliphatic imine (C=N–C) groups is 1. The first-order chi connectivity index (χ1) is 14.7. The maximum absolute atomic E-state index is 6.20. The quantitative estimate of drug-likeness (QED) is 0.575. The number of aromatic nitrogens is 1. The summed E-state index contributed by atoms with van der Waals surface area (Å²) in [5.41, 5.74) is 3.45. The van der Waals surface area contributed by atoms with Gasteiger partial charge in [0, 0.05) is 48.4 Å². The number of thioether (sulfide) groups is 1. The Kier molecular flexibility index (Phi) is 6.52. The topological polar surface area (TPSA) is 41.0 Å². The summed E-state index contributed by atoms with van der Waals surface area (Å²) in [6, 6.07) is 13.4. The minimum absolute atomic E-state index is 0.0124. The van der Waals surface area contributed by atoms with E-state index < -0.39 is 0 Å². The molecule has 0 amide bonds. The van der Waals surface area contributed by atoms with Gasteiger partial charge in [-0.15, -0.1) is 0 Å². The Labute approximate surface area is 184 Å². The molecular formula is C24H32N4OS. The minimum Gasteiger partial charge on any atom is -0.493 e. The lowest BCUT2D eigenvalue weighted by atomic mass is 9.94. The van der Waals surface area contributed by atoms with Crippen LogP contribution in [-0.2, 0) is 0 Å². The molecule has 0 spiro atoms. The van der Waals surface area contributed by atoms with E-state index in [0.29, 0.717) is 12.6 Å². The SMILES string of the molecule is CCOc1cc(N(CC)CC)ccc1[C@@H]1[C@@H](c2ccccn2)N=C2SC[C@@H](CC)N21. The highest BCUT2D eigenvalue weighted by Crippen LogP contribution is 2.50. The van der Waals surface area contributed by atoms with Gasteiger partial charge in [0.05, 0.1) is 18.3 Å². The predicted octanol–water partition coefficient (Wildman–Crippen LogP) is 5.31. The van der Waals surface area contributed by atoms with Gasteiger partial charge in [-0.3, -0.25) is 9.98 Å². The summed E-state index contributed by atoms with van der Waals surface area (Å²) in [6.45, 7) is 11.3. The predicted molar refractivity (Wildman–Crippen MR) is 127 cm³/mol. The van der Waals surface area contributed by atoms with Crippen molar-refractivity contribution in [3.63, 3.8) is 0 Å². The van der Waals surface area contributed by atoms with E-state index in [-0.39, 0.29) is 12.1 Å². The molecule has 0 radical (unpaired) electrons. The molecule has 0 saturated carbocycles. The number of anilines is 1. The highest BCUT2D eigenvalue weighted by molar-refractivity contribution is 8.14. The number of fused-ring (bicyclic) bond motifs is 1. The van der Waals surface area contributed by atoms with E-state index in [1.54, 1.807) is 0 Å². The Bertz CT molecular complexity index is 884. The Morgan fingerprint density at radius 2 is 1.97 bits per heavy atom. The van der Waals surface area contributed by atoms with Crippen LogP contribution in [0.25, 0.3) is 0 Å². The van der Waals surface area contributed by atoms with Gasteiger partial charge < -0.3 is 14.5 Å². The molecular weight excluding hydrogens is 392 g/mol. The van der Waals surface area contributed by atoms with E-state index >= 15 is 0 Å². The van der Waals surface area contributed by atoms with E-state index in [0.717, 1.165) is 41.9 Å². The molecule has 2 aliphatic rings. The molecule has 2 aromatic rings. The first-order valence-corrected chi connectivity index (χ1v) is 12.1. The molecule has 6 heteroatoms. The van der Waals surface area contributed by atoms with Crippen molar-refractivity contribution in [1.29, 1.82) is 0 Å². The molecule has 1 saturated heterocycles. The van der Waals surface area contributed by atoms with Crippen LogP contribution in [0.15, 0.2) is 47.6 Å². The Hall–Kier alpha value is -2.21. The normalized spacial score (nSPS) is 22.7. The molecule has 4 rings (SSSR count). The van der Waals surface area contributed by atoms with E-state index in [2.05, 4.69) is 72.8 Å².